The van der Waals surface area contributed by atoms with Crippen molar-refractivity contribution in [3.05, 3.63) is 42.7 Å². The van der Waals surface area contributed by atoms with Gasteiger partial charge in [0.1, 0.15) is 5.82 Å². The molecule has 1 aliphatic heterocycles. The lowest BCUT2D eigenvalue weighted by molar-refractivity contribution is 0.154. The number of aromatic nitrogens is 3. The van der Waals surface area contributed by atoms with Gasteiger partial charge < -0.3 is 34.6 Å². The zero-order chi connectivity index (χ0) is 25.3. The first kappa shape index (κ1) is 25.5. The predicted octanol–water partition coefficient (Wildman–Crippen LogP) is 3.36. The van der Waals surface area contributed by atoms with Crippen molar-refractivity contribution in [2.45, 2.75) is 6.42 Å². The number of benzene rings is 1. The second-order valence-corrected chi connectivity index (χ2v) is 8.66. The summed E-state index contributed by atoms with van der Waals surface area (Å²) in [6, 6.07) is 9.48. The number of pyridine rings is 1. The van der Waals surface area contributed by atoms with Gasteiger partial charge in [0.05, 0.1) is 27.0 Å². The number of hydrogen-bond donors (Lipinski definition) is 2. The van der Waals surface area contributed by atoms with Crippen molar-refractivity contribution in [3.8, 4) is 28.5 Å². The minimum atomic E-state index is 0.452. The van der Waals surface area contributed by atoms with Crippen LogP contribution in [0.3, 0.4) is 0 Å². The van der Waals surface area contributed by atoms with Gasteiger partial charge in [-0.25, -0.2) is 15.0 Å². The number of likely N-dealkylation sites (N-methyl/N-ethyl adjacent to an activating group) is 1. The number of nitrogens with zero attached hydrogens (tertiary/aromatic N) is 5. The monoisotopic (exact) mass is 493 g/mol. The first-order chi connectivity index (χ1) is 17.6. The van der Waals surface area contributed by atoms with Gasteiger partial charge in [0, 0.05) is 68.5 Å². The molecular formula is C26H35N7O3. The van der Waals surface area contributed by atoms with E-state index in [9.17, 15) is 0 Å². The molecule has 0 bridgehead atoms. The van der Waals surface area contributed by atoms with Crippen LogP contribution in [0.15, 0.2) is 42.7 Å². The molecule has 0 aliphatic carbocycles. The number of rotatable bonds is 11. The lowest BCUT2D eigenvalue weighted by Gasteiger charge is -2.32. The minimum absolute atomic E-state index is 0.452. The molecule has 4 rings (SSSR count). The van der Waals surface area contributed by atoms with Crippen LogP contribution in [-0.4, -0.2) is 92.4 Å². The molecule has 36 heavy (non-hydrogen) atoms. The highest BCUT2D eigenvalue weighted by atomic mass is 16.5. The fraction of sp³-hybridized carbons (Fsp3) is 0.423. The first-order valence-corrected chi connectivity index (χ1v) is 12.1. The topological polar surface area (TPSA) is 96.9 Å². The Hall–Kier alpha value is -3.63. The second kappa shape index (κ2) is 12.4. The van der Waals surface area contributed by atoms with Crippen molar-refractivity contribution in [2.75, 3.05) is 78.3 Å². The Morgan fingerprint density at radius 2 is 1.67 bits per heavy atom. The maximum atomic E-state index is 5.43. The van der Waals surface area contributed by atoms with Crippen LogP contribution in [0.5, 0.6) is 17.2 Å². The molecule has 2 N–H and O–H groups in total. The minimum Gasteiger partial charge on any atom is -0.493 e. The zero-order valence-electron chi connectivity index (χ0n) is 21.5. The van der Waals surface area contributed by atoms with E-state index in [1.165, 1.54) is 0 Å². The molecule has 192 valence electrons. The number of methoxy groups -OCH3 is 3. The maximum absolute atomic E-state index is 5.43. The molecule has 0 amide bonds. The SMILES string of the molecule is COc1cc(Nc2nccc(-c3ccc(NCCCN4CCN(C)CC4)nc3)n2)cc(OC)c1OC. The summed E-state index contributed by atoms with van der Waals surface area (Å²) >= 11 is 0. The van der Waals surface area contributed by atoms with Crippen LogP contribution in [0.25, 0.3) is 11.3 Å². The van der Waals surface area contributed by atoms with Crippen molar-refractivity contribution in [1.29, 1.82) is 0 Å². The van der Waals surface area contributed by atoms with Gasteiger partial charge in [-0.15, -0.1) is 0 Å². The van der Waals surface area contributed by atoms with Gasteiger partial charge in [0.15, 0.2) is 11.5 Å². The van der Waals surface area contributed by atoms with Crippen molar-refractivity contribution < 1.29 is 14.2 Å². The Morgan fingerprint density at radius 1 is 0.917 bits per heavy atom. The molecule has 2 aromatic heterocycles. The van der Waals surface area contributed by atoms with Gasteiger partial charge in [-0.1, -0.05) is 0 Å². The van der Waals surface area contributed by atoms with Crippen LogP contribution < -0.4 is 24.8 Å². The fourth-order valence-electron chi connectivity index (χ4n) is 4.10. The normalized spacial score (nSPS) is 14.3. The van der Waals surface area contributed by atoms with E-state index in [2.05, 4.69) is 42.4 Å². The summed E-state index contributed by atoms with van der Waals surface area (Å²) in [5.41, 5.74) is 2.40. The Bertz CT molecular complexity index is 1090. The summed E-state index contributed by atoms with van der Waals surface area (Å²) < 4.78 is 16.2. The number of ether oxygens (including phenoxy) is 3. The van der Waals surface area contributed by atoms with Gasteiger partial charge >= 0.3 is 0 Å². The molecular weight excluding hydrogens is 458 g/mol. The molecule has 1 fully saturated rings. The summed E-state index contributed by atoms with van der Waals surface area (Å²) in [5, 5.41) is 6.63. The Balaban J connectivity index is 1.35. The number of nitrogens with one attached hydrogen (secondary N) is 2. The zero-order valence-corrected chi connectivity index (χ0v) is 21.5. The van der Waals surface area contributed by atoms with Crippen molar-refractivity contribution in [2.24, 2.45) is 0 Å². The van der Waals surface area contributed by atoms with Gasteiger partial charge in [-0.3, -0.25) is 0 Å². The smallest absolute Gasteiger partial charge is 0.227 e. The molecule has 0 unspecified atom stereocenters. The third-order valence-electron chi connectivity index (χ3n) is 6.19. The van der Waals surface area contributed by atoms with Gasteiger partial charge in [0.25, 0.3) is 0 Å². The van der Waals surface area contributed by atoms with Gasteiger partial charge in [-0.2, -0.15) is 0 Å². The van der Waals surface area contributed by atoms with E-state index in [1.54, 1.807) is 27.5 Å². The summed E-state index contributed by atoms with van der Waals surface area (Å²) in [6.45, 7) is 6.62. The molecule has 3 aromatic rings. The third-order valence-corrected chi connectivity index (χ3v) is 6.19. The molecule has 1 saturated heterocycles. The summed E-state index contributed by atoms with van der Waals surface area (Å²) in [7, 11) is 6.92. The van der Waals surface area contributed by atoms with E-state index < -0.39 is 0 Å². The quantitative estimate of drug-likeness (QED) is 0.387. The van der Waals surface area contributed by atoms with Gasteiger partial charge in [0.2, 0.25) is 11.7 Å². The second-order valence-electron chi connectivity index (χ2n) is 8.66. The molecule has 0 saturated carbocycles. The Morgan fingerprint density at radius 3 is 2.31 bits per heavy atom. The highest BCUT2D eigenvalue weighted by Gasteiger charge is 2.15. The number of piperazine rings is 1. The van der Waals surface area contributed by atoms with Crippen LogP contribution >= 0.6 is 0 Å². The molecule has 0 radical (unpaired) electrons. The largest absolute Gasteiger partial charge is 0.493 e. The first-order valence-electron chi connectivity index (χ1n) is 12.1. The maximum Gasteiger partial charge on any atom is 0.227 e. The number of anilines is 3. The van der Waals surface area contributed by atoms with Crippen LogP contribution in [0, 0.1) is 0 Å². The van der Waals surface area contributed by atoms with Crippen LogP contribution in [0.1, 0.15) is 6.42 Å². The highest BCUT2D eigenvalue weighted by molar-refractivity contribution is 5.67. The molecule has 1 aliphatic rings. The van der Waals surface area contributed by atoms with Gasteiger partial charge in [-0.05, 0) is 38.2 Å². The van der Waals surface area contributed by atoms with Crippen molar-refractivity contribution >= 4 is 17.5 Å². The average molecular weight is 494 g/mol. The Kier molecular flexibility index (Phi) is 8.75. The summed E-state index contributed by atoms with van der Waals surface area (Å²) in [5.74, 6) is 2.94. The lowest BCUT2D eigenvalue weighted by Crippen LogP contribution is -2.44. The van der Waals surface area contributed by atoms with E-state index in [1.807, 2.05) is 36.5 Å². The number of hydrogen-bond acceptors (Lipinski definition) is 10. The fourth-order valence-corrected chi connectivity index (χ4v) is 4.10. The molecule has 3 heterocycles. The van der Waals surface area contributed by atoms with Crippen LogP contribution in [-0.2, 0) is 0 Å². The van der Waals surface area contributed by atoms with E-state index in [0.717, 1.165) is 68.5 Å². The molecule has 10 nitrogen and oxygen atoms in total. The molecule has 10 heteroatoms. The van der Waals surface area contributed by atoms with E-state index in [4.69, 9.17) is 14.2 Å². The van der Waals surface area contributed by atoms with Crippen molar-refractivity contribution in [3.63, 3.8) is 0 Å². The average Bonchev–Trinajstić information content (AvgIpc) is 2.92. The van der Waals surface area contributed by atoms with Crippen molar-refractivity contribution in [1.82, 2.24) is 24.8 Å². The summed E-state index contributed by atoms with van der Waals surface area (Å²) in [4.78, 5) is 18.5. The van der Waals surface area contributed by atoms with E-state index >= 15 is 0 Å². The highest BCUT2D eigenvalue weighted by Crippen LogP contribution is 2.40. The van der Waals surface area contributed by atoms with E-state index in [-0.39, 0.29) is 0 Å². The van der Waals surface area contributed by atoms with Crippen LogP contribution in [0.2, 0.25) is 0 Å². The lowest BCUT2D eigenvalue weighted by atomic mass is 10.2. The van der Waals surface area contributed by atoms with E-state index in [0.29, 0.717) is 23.2 Å². The molecule has 0 atom stereocenters. The van der Waals surface area contributed by atoms with Crippen LogP contribution in [0.4, 0.5) is 17.5 Å². The standard InChI is InChI=1S/C26H35N7O3/c1-32-12-14-33(15-13-32)11-5-9-27-24-7-6-19(18-29-24)21-8-10-28-26(31-21)30-20-16-22(34-2)25(36-4)23(17-20)35-3/h6-8,10,16-18H,5,9,11-15H2,1-4H3,(H,27,29)(H,28,30,31). The summed E-state index contributed by atoms with van der Waals surface area (Å²) in [6.07, 6.45) is 4.64. The third kappa shape index (κ3) is 6.52. The predicted molar refractivity (Wildman–Crippen MR) is 142 cm³/mol. The Labute approximate surface area is 212 Å². The molecule has 0 spiro atoms. The molecule has 1 aromatic carbocycles.